The molecule has 180 valence electrons. The monoisotopic (exact) mass is 501 g/mol. The standard InChI is InChI=1S/C23H18F3N5O3S/c1-31(13-4-5-13)23-18-15(10-27-22(18)28-11-29-23)21(32)19-16(25)8-9-17(20(19)26)30-35(33,34)14-6-2-12(24)3-7-14/h2-3,6-11,13,30H,4-5H2,1H3,(H,27,28,29). The first-order valence-corrected chi connectivity index (χ1v) is 12.0. The van der Waals surface area contributed by atoms with Gasteiger partial charge in [-0.1, -0.05) is 0 Å². The minimum absolute atomic E-state index is 0.0561. The van der Waals surface area contributed by atoms with E-state index in [1.54, 1.807) is 0 Å². The SMILES string of the molecule is CN(c1ncnc2[nH]cc(C(=O)c3c(F)ccc(NS(=O)(=O)c4ccc(F)cc4)c3F)c12)C1CC1. The van der Waals surface area contributed by atoms with Gasteiger partial charge in [-0.15, -0.1) is 0 Å². The number of sulfonamides is 1. The number of nitrogens with zero attached hydrogens (tertiary/aromatic N) is 3. The van der Waals surface area contributed by atoms with Gasteiger partial charge in [0.05, 0.1) is 27.1 Å². The number of aromatic nitrogens is 3. The summed E-state index contributed by atoms with van der Waals surface area (Å²) in [5.41, 5.74) is -1.31. The van der Waals surface area contributed by atoms with Crippen molar-refractivity contribution in [1.29, 1.82) is 0 Å². The molecule has 1 fully saturated rings. The highest BCUT2D eigenvalue weighted by molar-refractivity contribution is 7.92. The van der Waals surface area contributed by atoms with Crippen molar-refractivity contribution in [3.8, 4) is 0 Å². The molecular formula is C23H18F3N5O3S. The van der Waals surface area contributed by atoms with E-state index in [0.29, 0.717) is 16.9 Å². The number of rotatable bonds is 7. The van der Waals surface area contributed by atoms with Gasteiger partial charge in [-0.3, -0.25) is 9.52 Å². The van der Waals surface area contributed by atoms with E-state index >= 15 is 4.39 Å². The molecule has 0 aliphatic heterocycles. The van der Waals surface area contributed by atoms with Gasteiger partial charge in [0.25, 0.3) is 10.0 Å². The second-order valence-corrected chi connectivity index (χ2v) is 9.82. The van der Waals surface area contributed by atoms with Crippen molar-refractivity contribution in [2.24, 2.45) is 0 Å². The molecule has 2 aromatic carbocycles. The molecule has 1 aliphatic carbocycles. The van der Waals surface area contributed by atoms with Crippen LogP contribution >= 0.6 is 0 Å². The van der Waals surface area contributed by atoms with Crippen molar-refractivity contribution < 1.29 is 26.4 Å². The Morgan fingerprint density at radius 1 is 1.09 bits per heavy atom. The highest BCUT2D eigenvalue weighted by atomic mass is 32.2. The van der Waals surface area contributed by atoms with Crippen LogP contribution in [0, 0.1) is 17.5 Å². The maximum absolute atomic E-state index is 15.4. The van der Waals surface area contributed by atoms with Crippen molar-refractivity contribution in [2.45, 2.75) is 23.8 Å². The number of carbonyl (C=O) groups is 1. The third kappa shape index (κ3) is 4.09. The number of benzene rings is 2. The van der Waals surface area contributed by atoms with Crippen LogP contribution in [-0.4, -0.2) is 42.2 Å². The zero-order chi connectivity index (χ0) is 24.9. The van der Waals surface area contributed by atoms with Gasteiger partial charge < -0.3 is 9.88 Å². The van der Waals surface area contributed by atoms with Gasteiger partial charge in [0.1, 0.15) is 29.4 Å². The lowest BCUT2D eigenvalue weighted by atomic mass is 10.0. The van der Waals surface area contributed by atoms with Crippen LogP contribution in [0.1, 0.15) is 28.8 Å². The predicted octanol–water partition coefficient (Wildman–Crippen LogP) is 4.01. The molecule has 0 atom stereocenters. The molecule has 0 bridgehead atoms. The fraction of sp³-hybridized carbons (Fsp3) is 0.174. The van der Waals surface area contributed by atoms with E-state index in [0.717, 1.165) is 49.2 Å². The number of anilines is 2. The molecule has 0 radical (unpaired) electrons. The van der Waals surface area contributed by atoms with Crippen LogP contribution in [0.4, 0.5) is 24.7 Å². The van der Waals surface area contributed by atoms with Crippen molar-refractivity contribution in [1.82, 2.24) is 15.0 Å². The topological polar surface area (TPSA) is 108 Å². The molecule has 1 aliphatic rings. The first-order chi connectivity index (χ1) is 16.7. The lowest BCUT2D eigenvalue weighted by Gasteiger charge is -2.18. The van der Waals surface area contributed by atoms with E-state index in [-0.39, 0.29) is 16.5 Å². The lowest BCUT2D eigenvalue weighted by Crippen LogP contribution is -2.21. The van der Waals surface area contributed by atoms with Gasteiger partial charge in [0, 0.05) is 19.3 Å². The van der Waals surface area contributed by atoms with E-state index in [1.807, 2.05) is 16.7 Å². The predicted molar refractivity (Wildman–Crippen MR) is 122 cm³/mol. The fourth-order valence-electron chi connectivity index (χ4n) is 3.82. The molecular weight excluding hydrogens is 483 g/mol. The lowest BCUT2D eigenvalue weighted by molar-refractivity contribution is 0.103. The summed E-state index contributed by atoms with van der Waals surface area (Å²) in [5.74, 6) is -3.77. The second-order valence-electron chi connectivity index (χ2n) is 8.14. The van der Waals surface area contributed by atoms with Crippen molar-refractivity contribution in [3.63, 3.8) is 0 Å². The number of halogens is 3. The minimum Gasteiger partial charge on any atom is -0.356 e. The van der Waals surface area contributed by atoms with E-state index in [4.69, 9.17) is 0 Å². The molecule has 5 rings (SSSR count). The van der Waals surface area contributed by atoms with Crippen LogP contribution in [0.2, 0.25) is 0 Å². The van der Waals surface area contributed by atoms with Crippen molar-refractivity contribution in [2.75, 3.05) is 16.7 Å². The molecule has 0 amide bonds. The highest BCUT2D eigenvalue weighted by Crippen LogP contribution is 2.35. The fourth-order valence-corrected chi connectivity index (χ4v) is 4.88. The van der Waals surface area contributed by atoms with Crippen molar-refractivity contribution >= 4 is 38.3 Å². The average molecular weight is 501 g/mol. The molecule has 12 heteroatoms. The van der Waals surface area contributed by atoms with Crippen LogP contribution in [0.25, 0.3) is 11.0 Å². The van der Waals surface area contributed by atoms with Gasteiger partial charge in [0.15, 0.2) is 5.82 Å². The summed E-state index contributed by atoms with van der Waals surface area (Å²) < 4.78 is 70.5. The summed E-state index contributed by atoms with van der Waals surface area (Å²) in [7, 11) is -2.53. The summed E-state index contributed by atoms with van der Waals surface area (Å²) in [4.78, 5) is 26.1. The zero-order valence-corrected chi connectivity index (χ0v) is 19.0. The summed E-state index contributed by atoms with van der Waals surface area (Å²) >= 11 is 0. The Labute approximate surface area is 197 Å². The number of ketones is 1. The molecule has 2 heterocycles. The van der Waals surface area contributed by atoms with E-state index in [1.165, 1.54) is 12.5 Å². The van der Waals surface area contributed by atoms with E-state index in [2.05, 4.69) is 15.0 Å². The molecule has 0 saturated heterocycles. The Hall–Kier alpha value is -3.93. The third-order valence-corrected chi connectivity index (χ3v) is 7.19. The van der Waals surface area contributed by atoms with Crippen molar-refractivity contribution in [3.05, 3.63) is 77.5 Å². The maximum Gasteiger partial charge on any atom is 0.261 e. The molecule has 2 N–H and O–H groups in total. The third-order valence-electron chi connectivity index (χ3n) is 5.81. The number of hydrogen-bond acceptors (Lipinski definition) is 6. The maximum atomic E-state index is 15.4. The van der Waals surface area contributed by atoms with Gasteiger partial charge in [0.2, 0.25) is 5.78 Å². The molecule has 1 saturated carbocycles. The molecule has 35 heavy (non-hydrogen) atoms. The van der Waals surface area contributed by atoms with Crippen LogP contribution in [0.15, 0.2) is 53.8 Å². The highest BCUT2D eigenvalue weighted by Gasteiger charge is 2.31. The molecule has 8 nitrogen and oxygen atoms in total. The smallest absolute Gasteiger partial charge is 0.261 e. The van der Waals surface area contributed by atoms with Gasteiger partial charge in [-0.2, -0.15) is 0 Å². The zero-order valence-electron chi connectivity index (χ0n) is 18.2. The number of fused-ring (bicyclic) bond motifs is 1. The Bertz CT molecular complexity index is 1570. The summed E-state index contributed by atoms with van der Waals surface area (Å²) in [6.45, 7) is 0. The first kappa shape index (κ1) is 22.8. The quantitative estimate of drug-likeness (QED) is 0.371. The second kappa shape index (κ2) is 8.38. The number of hydrogen-bond donors (Lipinski definition) is 2. The average Bonchev–Trinajstić information content (AvgIpc) is 3.59. The molecule has 0 unspecified atom stereocenters. The van der Waals surface area contributed by atoms with Gasteiger partial charge >= 0.3 is 0 Å². The molecule has 0 spiro atoms. The Balaban J connectivity index is 1.56. The summed E-state index contributed by atoms with van der Waals surface area (Å²) in [6.07, 6.45) is 4.53. The van der Waals surface area contributed by atoms with Crippen LogP contribution in [-0.2, 0) is 10.0 Å². The number of aromatic amines is 1. The first-order valence-electron chi connectivity index (χ1n) is 10.5. The summed E-state index contributed by atoms with van der Waals surface area (Å²) in [6, 6.07) is 5.75. The largest absolute Gasteiger partial charge is 0.356 e. The molecule has 4 aromatic rings. The van der Waals surface area contributed by atoms with Crippen LogP contribution < -0.4 is 9.62 Å². The van der Waals surface area contributed by atoms with Gasteiger partial charge in [-0.25, -0.2) is 31.6 Å². The number of nitrogens with one attached hydrogen (secondary N) is 2. The normalized spacial score (nSPS) is 13.7. The minimum atomic E-state index is -4.34. The van der Waals surface area contributed by atoms with E-state index in [9.17, 15) is 22.0 Å². The van der Waals surface area contributed by atoms with Gasteiger partial charge in [-0.05, 0) is 49.2 Å². The Kier molecular flexibility index (Phi) is 5.47. The summed E-state index contributed by atoms with van der Waals surface area (Å²) in [5, 5.41) is 0.308. The van der Waals surface area contributed by atoms with Crippen LogP contribution in [0.5, 0.6) is 0 Å². The Morgan fingerprint density at radius 3 is 2.49 bits per heavy atom. The Morgan fingerprint density at radius 2 is 1.80 bits per heavy atom. The van der Waals surface area contributed by atoms with Crippen LogP contribution in [0.3, 0.4) is 0 Å². The number of H-pyrrole nitrogens is 1. The molecule has 2 aromatic heterocycles. The number of carbonyl (C=O) groups excluding carboxylic acids is 1. The van der Waals surface area contributed by atoms with E-state index < -0.39 is 44.5 Å².